The number of methoxy groups -OCH3 is 1. The van der Waals surface area contributed by atoms with Gasteiger partial charge >= 0.3 is 0 Å². The topological polar surface area (TPSA) is 79.3 Å². The molecule has 6 heteroatoms. The summed E-state index contributed by atoms with van der Waals surface area (Å²) in [4.78, 5) is 13.9. The highest BCUT2D eigenvalue weighted by atomic mass is 79.9. The number of rotatable bonds is 6. The Bertz CT molecular complexity index is 485. The van der Waals surface area contributed by atoms with Gasteiger partial charge in [-0.15, -0.1) is 0 Å². The highest BCUT2D eigenvalue weighted by Gasteiger charge is 2.17. The van der Waals surface area contributed by atoms with Gasteiger partial charge in [0.05, 0.1) is 24.7 Å². The Labute approximate surface area is 121 Å². The third-order valence-electron chi connectivity index (χ3n) is 2.59. The highest BCUT2D eigenvalue weighted by molar-refractivity contribution is 9.10. The van der Waals surface area contributed by atoms with Gasteiger partial charge in [0.1, 0.15) is 0 Å². The fourth-order valence-corrected chi connectivity index (χ4v) is 1.98. The summed E-state index contributed by atoms with van der Waals surface area (Å²) in [6.45, 7) is 1.23. The molecule has 0 aliphatic carbocycles. The molecule has 0 fully saturated rings. The second-order valence-electron chi connectivity index (χ2n) is 3.92. The Morgan fingerprint density at radius 2 is 2.26 bits per heavy atom. The van der Waals surface area contributed by atoms with Crippen LogP contribution in [0.4, 0.5) is 5.69 Å². The van der Waals surface area contributed by atoms with Gasteiger partial charge < -0.3 is 15.4 Å². The minimum absolute atomic E-state index is 0.183. The predicted molar refractivity (Wildman–Crippen MR) is 76.6 cm³/mol. The van der Waals surface area contributed by atoms with E-state index < -0.39 is 0 Å². The number of hydrogen-bond donors (Lipinski definition) is 1. The molecule has 102 valence electrons. The molecule has 0 aliphatic heterocycles. The minimum Gasteiger partial charge on any atom is -0.398 e. The average molecular weight is 326 g/mol. The van der Waals surface area contributed by atoms with Crippen molar-refractivity contribution in [3.05, 3.63) is 28.2 Å². The Hall–Kier alpha value is -1.58. The maximum Gasteiger partial charge on any atom is 0.256 e. The summed E-state index contributed by atoms with van der Waals surface area (Å²) in [5.41, 5.74) is 6.70. The summed E-state index contributed by atoms with van der Waals surface area (Å²) in [5.74, 6) is -0.183. The number of carbonyl (C=O) groups excluding carboxylic acids is 1. The van der Waals surface area contributed by atoms with Gasteiger partial charge in [-0.2, -0.15) is 5.26 Å². The van der Waals surface area contributed by atoms with E-state index in [1.807, 2.05) is 6.07 Å². The van der Waals surface area contributed by atoms with Gasteiger partial charge in [-0.1, -0.05) is 15.9 Å². The maximum absolute atomic E-state index is 12.4. The van der Waals surface area contributed by atoms with Gasteiger partial charge in [0.2, 0.25) is 0 Å². The first-order chi connectivity index (χ1) is 9.10. The quantitative estimate of drug-likeness (QED) is 0.811. The third-order valence-corrected chi connectivity index (χ3v) is 3.08. The van der Waals surface area contributed by atoms with Crippen LogP contribution in [0, 0.1) is 11.3 Å². The van der Waals surface area contributed by atoms with Gasteiger partial charge in [-0.05, 0) is 18.2 Å². The van der Waals surface area contributed by atoms with E-state index in [2.05, 4.69) is 15.9 Å². The lowest BCUT2D eigenvalue weighted by Gasteiger charge is -2.22. The van der Waals surface area contributed by atoms with Crippen molar-refractivity contribution in [3.8, 4) is 6.07 Å². The number of anilines is 1. The van der Waals surface area contributed by atoms with Crippen LogP contribution in [0.25, 0.3) is 0 Å². The van der Waals surface area contributed by atoms with Gasteiger partial charge in [0.25, 0.3) is 5.91 Å². The van der Waals surface area contributed by atoms with Crippen LogP contribution < -0.4 is 5.73 Å². The molecular weight excluding hydrogens is 310 g/mol. The maximum atomic E-state index is 12.4. The summed E-state index contributed by atoms with van der Waals surface area (Å²) in [5, 5.41) is 8.63. The van der Waals surface area contributed by atoms with Crippen LogP contribution in [-0.4, -0.2) is 37.6 Å². The zero-order chi connectivity index (χ0) is 14.3. The van der Waals surface area contributed by atoms with Crippen molar-refractivity contribution in [2.45, 2.75) is 6.42 Å². The van der Waals surface area contributed by atoms with Crippen molar-refractivity contribution in [1.29, 1.82) is 5.26 Å². The number of benzene rings is 1. The molecule has 0 atom stereocenters. The number of nitrogen functional groups attached to an aromatic ring is 1. The first kappa shape index (κ1) is 15.5. The van der Waals surface area contributed by atoms with Crippen LogP contribution in [0.2, 0.25) is 0 Å². The Morgan fingerprint density at radius 3 is 2.84 bits per heavy atom. The zero-order valence-electron chi connectivity index (χ0n) is 10.7. The van der Waals surface area contributed by atoms with E-state index in [4.69, 9.17) is 15.7 Å². The fourth-order valence-electron chi connectivity index (χ4n) is 1.60. The van der Waals surface area contributed by atoms with Gasteiger partial charge in [-0.25, -0.2) is 0 Å². The van der Waals surface area contributed by atoms with E-state index in [-0.39, 0.29) is 12.3 Å². The summed E-state index contributed by atoms with van der Waals surface area (Å²) in [6.07, 6.45) is 0.284. The number of carbonyl (C=O) groups is 1. The molecule has 0 aromatic heterocycles. The third kappa shape index (κ3) is 4.54. The van der Waals surface area contributed by atoms with Crippen molar-refractivity contribution in [3.63, 3.8) is 0 Å². The molecule has 1 aromatic rings. The van der Waals surface area contributed by atoms with Crippen LogP contribution in [0.15, 0.2) is 22.7 Å². The SMILES string of the molecule is COCCN(CCC#N)C(=O)c1ccc(Br)cc1N. The smallest absolute Gasteiger partial charge is 0.256 e. The molecule has 0 saturated carbocycles. The van der Waals surface area contributed by atoms with Gasteiger partial charge in [-0.3, -0.25) is 4.79 Å². The lowest BCUT2D eigenvalue weighted by Crippen LogP contribution is -2.35. The molecule has 2 N–H and O–H groups in total. The summed E-state index contributed by atoms with van der Waals surface area (Å²) in [7, 11) is 1.57. The highest BCUT2D eigenvalue weighted by Crippen LogP contribution is 2.20. The monoisotopic (exact) mass is 325 g/mol. The second-order valence-corrected chi connectivity index (χ2v) is 4.84. The molecule has 1 aromatic carbocycles. The summed E-state index contributed by atoms with van der Waals surface area (Å²) in [6, 6.07) is 7.16. The molecule has 0 spiro atoms. The number of amides is 1. The number of nitriles is 1. The van der Waals surface area contributed by atoms with E-state index in [1.165, 1.54) is 0 Å². The van der Waals surface area contributed by atoms with Crippen LogP contribution in [0.5, 0.6) is 0 Å². The molecule has 19 heavy (non-hydrogen) atoms. The van der Waals surface area contributed by atoms with Gasteiger partial charge in [0, 0.05) is 30.4 Å². The number of halogens is 1. The van der Waals surface area contributed by atoms with Crippen LogP contribution in [-0.2, 0) is 4.74 Å². The second kappa shape index (κ2) is 7.77. The molecule has 5 nitrogen and oxygen atoms in total. The van der Waals surface area contributed by atoms with Crippen molar-refractivity contribution in [1.82, 2.24) is 4.90 Å². The lowest BCUT2D eigenvalue weighted by molar-refractivity contribution is 0.0701. The Balaban J connectivity index is 2.88. The van der Waals surface area contributed by atoms with Crippen LogP contribution >= 0.6 is 15.9 Å². The van der Waals surface area contributed by atoms with Crippen molar-refractivity contribution in [2.24, 2.45) is 0 Å². The van der Waals surface area contributed by atoms with E-state index >= 15 is 0 Å². The molecule has 0 radical (unpaired) electrons. The van der Waals surface area contributed by atoms with Gasteiger partial charge in [0.15, 0.2) is 0 Å². The summed E-state index contributed by atoms with van der Waals surface area (Å²) < 4.78 is 5.79. The lowest BCUT2D eigenvalue weighted by atomic mass is 10.1. The van der Waals surface area contributed by atoms with Crippen LogP contribution in [0.1, 0.15) is 16.8 Å². The molecule has 1 rings (SSSR count). The fraction of sp³-hybridized carbons (Fsp3) is 0.385. The largest absolute Gasteiger partial charge is 0.398 e. The van der Waals surface area contributed by atoms with Crippen molar-refractivity contribution < 1.29 is 9.53 Å². The molecule has 1 amide bonds. The average Bonchev–Trinajstić information content (AvgIpc) is 2.38. The summed E-state index contributed by atoms with van der Waals surface area (Å²) >= 11 is 3.30. The molecule has 0 heterocycles. The van der Waals surface area contributed by atoms with E-state index in [9.17, 15) is 4.79 Å². The minimum atomic E-state index is -0.183. The van der Waals surface area contributed by atoms with Crippen LogP contribution in [0.3, 0.4) is 0 Å². The Kier molecular flexibility index (Phi) is 6.33. The zero-order valence-corrected chi connectivity index (χ0v) is 12.3. The van der Waals surface area contributed by atoms with E-state index in [0.29, 0.717) is 30.9 Å². The van der Waals surface area contributed by atoms with E-state index in [1.54, 1.807) is 30.2 Å². The number of hydrogen-bond acceptors (Lipinski definition) is 4. The number of ether oxygens (including phenoxy) is 1. The molecule has 0 saturated heterocycles. The first-order valence-electron chi connectivity index (χ1n) is 5.80. The predicted octanol–water partition coefficient (Wildman–Crippen LogP) is 2.03. The van der Waals surface area contributed by atoms with E-state index in [0.717, 1.165) is 4.47 Å². The standard InChI is InChI=1S/C13H16BrN3O2/c1-19-8-7-17(6-2-5-15)13(18)11-4-3-10(14)9-12(11)16/h3-4,9H,2,6-8,16H2,1H3. The van der Waals surface area contributed by atoms with Crippen molar-refractivity contribution >= 4 is 27.5 Å². The molecule has 0 aliphatic rings. The molecular formula is C13H16BrN3O2. The first-order valence-corrected chi connectivity index (χ1v) is 6.59. The molecule has 0 unspecified atom stereocenters. The Morgan fingerprint density at radius 1 is 1.53 bits per heavy atom. The normalized spacial score (nSPS) is 9.95. The van der Waals surface area contributed by atoms with Crippen molar-refractivity contribution in [2.75, 3.05) is 32.5 Å². The molecule has 0 bridgehead atoms. The number of nitrogens with zero attached hydrogens (tertiary/aromatic N) is 2. The number of nitrogens with two attached hydrogens (primary N) is 1.